The molecular weight excluding hydrogens is 272 g/mol. The van der Waals surface area contributed by atoms with Gasteiger partial charge in [0, 0.05) is 12.6 Å². The van der Waals surface area contributed by atoms with E-state index in [1.807, 2.05) is 26.1 Å². The summed E-state index contributed by atoms with van der Waals surface area (Å²) in [6, 6.07) is 7.29. The van der Waals surface area contributed by atoms with Gasteiger partial charge in [-0.05, 0) is 50.4 Å². The van der Waals surface area contributed by atoms with Gasteiger partial charge in [-0.25, -0.2) is 13.1 Å². The molecule has 0 spiro atoms. The Kier molecular flexibility index (Phi) is 5.18. The summed E-state index contributed by atoms with van der Waals surface area (Å²) in [5.74, 6) is 0.849. The summed E-state index contributed by atoms with van der Waals surface area (Å²) < 4.78 is 26.9. The van der Waals surface area contributed by atoms with Crippen LogP contribution in [0.5, 0.6) is 0 Å². The molecule has 1 fully saturated rings. The highest BCUT2D eigenvalue weighted by Gasteiger charge is 2.20. The second-order valence-electron chi connectivity index (χ2n) is 5.56. The fourth-order valence-corrected chi connectivity index (χ4v) is 3.26. The summed E-state index contributed by atoms with van der Waals surface area (Å²) in [5, 5.41) is 3.13. The van der Waals surface area contributed by atoms with Crippen molar-refractivity contribution in [1.82, 2.24) is 10.0 Å². The van der Waals surface area contributed by atoms with Gasteiger partial charge in [0.2, 0.25) is 10.0 Å². The second kappa shape index (κ2) is 6.70. The topological polar surface area (TPSA) is 58.2 Å². The third-order valence-corrected chi connectivity index (χ3v) is 5.38. The van der Waals surface area contributed by atoms with E-state index < -0.39 is 10.0 Å². The first-order chi connectivity index (χ1) is 9.53. The molecule has 1 aliphatic rings. The Morgan fingerprint density at radius 2 is 1.90 bits per heavy atom. The summed E-state index contributed by atoms with van der Waals surface area (Å²) >= 11 is 0. The van der Waals surface area contributed by atoms with Crippen LogP contribution in [-0.2, 0) is 10.0 Å². The molecule has 0 amide bonds. The normalized spacial score (nSPS) is 17.1. The molecule has 0 bridgehead atoms. The van der Waals surface area contributed by atoms with Gasteiger partial charge in [0.1, 0.15) is 0 Å². The first kappa shape index (κ1) is 15.5. The average molecular weight is 296 g/mol. The van der Waals surface area contributed by atoms with Crippen LogP contribution in [0.4, 0.5) is 0 Å². The molecule has 1 atom stereocenters. The van der Waals surface area contributed by atoms with Crippen LogP contribution in [0.3, 0.4) is 0 Å². The molecule has 1 aromatic rings. The van der Waals surface area contributed by atoms with Crippen LogP contribution in [0.25, 0.3) is 0 Å². The van der Waals surface area contributed by atoms with E-state index in [2.05, 4.69) is 10.0 Å². The summed E-state index contributed by atoms with van der Waals surface area (Å²) in [5.41, 5.74) is 1.08. The van der Waals surface area contributed by atoms with Gasteiger partial charge in [0.25, 0.3) is 0 Å². The summed E-state index contributed by atoms with van der Waals surface area (Å²) in [7, 11) is -1.47. The molecule has 0 radical (unpaired) electrons. The standard InChI is InChI=1S/C15H24N2O2S/c1-12(16-2)14-7-9-15(10-8-14)20(18,19)17-11-3-4-13-5-6-13/h7-10,12-13,16-17H,3-6,11H2,1-2H3. The second-order valence-corrected chi connectivity index (χ2v) is 7.33. The maximum absolute atomic E-state index is 12.1. The minimum atomic E-state index is -3.36. The number of hydrogen-bond donors (Lipinski definition) is 2. The molecule has 1 aromatic carbocycles. The molecule has 0 aliphatic heterocycles. The lowest BCUT2D eigenvalue weighted by Gasteiger charge is -2.11. The zero-order valence-electron chi connectivity index (χ0n) is 12.2. The van der Waals surface area contributed by atoms with Gasteiger partial charge < -0.3 is 5.32 Å². The van der Waals surface area contributed by atoms with E-state index in [1.54, 1.807) is 12.1 Å². The summed E-state index contributed by atoms with van der Waals surface area (Å²) in [4.78, 5) is 0.343. The molecule has 1 unspecified atom stereocenters. The van der Waals surface area contributed by atoms with Crippen molar-refractivity contribution in [3.05, 3.63) is 29.8 Å². The van der Waals surface area contributed by atoms with Gasteiger partial charge in [-0.15, -0.1) is 0 Å². The predicted molar refractivity (Wildman–Crippen MR) is 81.1 cm³/mol. The van der Waals surface area contributed by atoms with E-state index in [1.165, 1.54) is 12.8 Å². The maximum atomic E-state index is 12.1. The first-order valence-corrected chi connectivity index (χ1v) is 8.78. The van der Waals surface area contributed by atoms with Crippen LogP contribution in [0, 0.1) is 5.92 Å². The molecular formula is C15H24N2O2S. The third kappa shape index (κ3) is 4.30. The van der Waals surface area contributed by atoms with Crippen molar-refractivity contribution in [2.75, 3.05) is 13.6 Å². The van der Waals surface area contributed by atoms with Crippen LogP contribution in [-0.4, -0.2) is 22.0 Å². The van der Waals surface area contributed by atoms with E-state index in [4.69, 9.17) is 0 Å². The fraction of sp³-hybridized carbons (Fsp3) is 0.600. The highest BCUT2D eigenvalue weighted by Crippen LogP contribution is 2.33. The van der Waals surface area contributed by atoms with Crippen molar-refractivity contribution < 1.29 is 8.42 Å². The van der Waals surface area contributed by atoms with E-state index in [0.717, 1.165) is 24.3 Å². The van der Waals surface area contributed by atoms with Gasteiger partial charge in [-0.3, -0.25) is 0 Å². The highest BCUT2D eigenvalue weighted by atomic mass is 32.2. The lowest BCUT2D eigenvalue weighted by molar-refractivity contribution is 0.572. The average Bonchev–Trinajstić information content (AvgIpc) is 3.27. The van der Waals surface area contributed by atoms with Crippen molar-refractivity contribution in [3.63, 3.8) is 0 Å². The number of benzene rings is 1. The first-order valence-electron chi connectivity index (χ1n) is 7.30. The molecule has 0 saturated heterocycles. The summed E-state index contributed by atoms with van der Waals surface area (Å²) in [6.07, 6.45) is 4.70. The van der Waals surface area contributed by atoms with Crippen LogP contribution < -0.4 is 10.0 Å². The smallest absolute Gasteiger partial charge is 0.240 e. The maximum Gasteiger partial charge on any atom is 0.240 e. The third-order valence-electron chi connectivity index (χ3n) is 3.90. The van der Waals surface area contributed by atoms with Crippen LogP contribution in [0.15, 0.2) is 29.2 Å². The van der Waals surface area contributed by atoms with E-state index >= 15 is 0 Å². The van der Waals surface area contributed by atoms with Crippen molar-refractivity contribution in [1.29, 1.82) is 0 Å². The molecule has 0 aromatic heterocycles. The van der Waals surface area contributed by atoms with E-state index in [9.17, 15) is 8.42 Å². The lowest BCUT2D eigenvalue weighted by Crippen LogP contribution is -2.25. The Labute approximate surface area is 122 Å². The van der Waals surface area contributed by atoms with E-state index in [0.29, 0.717) is 11.4 Å². The molecule has 112 valence electrons. The molecule has 0 heterocycles. The van der Waals surface area contributed by atoms with Gasteiger partial charge in [0.15, 0.2) is 0 Å². The van der Waals surface area contributed by atoms with E-state index in [-0.39, 0.29) is 6.04 Å². The molecule has 4 nitrogen and oxygen atoms in total. The van der Waals surface area contributed by atoms with Crippen LogP contribution in [0.2, 0.25) is 0 Å². The number of rotatable bonds is 8. The molecule has 1 saturated carbocycles. The number of sulfonamides is 1. The SMILES string of the molecule is CNC(C)c1ccc(S(=O)(=O)NCCCC2CC2)cc1. The zero-order chi connectivity index (χ0) is 14.6. The quantitative estimate of drug-likeness (QED) is 0.724. The minimum Gasteiger partial charge on any atom is -0.313 e. The monoisotopic (exact) mass is 296 g/mol. The highest BCUT2D eigenvalue weighted by molar-refractivity contribution is 7.89. The Hall–Kier alpha value is -0.910. The predicted octanol–water partition coefficient (Wildman–Crippen LogP) is 2.44. The lowest BCUT2D eigenvalue weighted by atomic mass is 10.1. The van der Waals surface area contributed by atoms with Crippen molar-refractivity contribution in [2.24, 2.45) is 5.92 Å². The Morgan fingerprint density at radius 3 is 2.45 bits per heavy atom. The van der Waals surface area contributed by atoms with Crippen molar-refractivity contribution >= 4 is 10.0 Å². The number of hydrogen-bond acceptors (Lipinski definition) is 3. The van der Waals surface area contributed by atoms with Gasteiger partial charge in [-0.1, -0.05) is 25.0 Å². The Bertz CT molecular complexity index is 521. The Morgan fingerprint density at radius 1 is 1.25 bits per heavy atom. The largest absolute Gasteiger partial charge is 0.313 e. The minimum absolute atomic E-state index is 0.221. The van der Waals surface area contributed by atoms with Gasteiger partial charge in [-0.2, -0.15) is 0 Å². The molecule has 5 heteroatoms. The Balaban J connectivity index is 1.90. The van der Waals surface area contributed by atoms with Crippen molar-refractivity contribution in [3.8, 4) is 0 Å². The van der Waals surface area contributed by atoms with Crippen LogP contribution >= 0.6 is 0 Å². The molecule has 2 rings (SSSR count). The molecule has 1 aliphatic carbocycles. The molecule has 2 N–H and O–H groups in total. The molecule has 20 heavy (non-hydrogen) atoms. The zero-order valence-corrected chi connectivity index (χ0v) is 13.0. The number of nitrogens with one attached hydrogen (secondary N) is 2. The summed E-state index contributed by atoms with van der Waals surface area (Å²) in [6.45, 7) is 2.58. The van der Waals surface area contributed by atoms with Crippen LogP contribution in [0.1, 0.15) is 44.2 Å². The van der Waals surface area contributed by atoms with Gasteiger partial charge >= 0.3 is 0 Å². The van der Waals surface area contributed by atoms with Gasteiger partial charge in [0.05, 0.1) is 4.90 Å². The van der Waals surface area contributed by atoms with Crippen molar-refractivity contribution in [2.45, 2.75) is 43.5 Å². The fourth-order valence-electron chi connectivity index (χ4n) is 2.19.